The molecule has 0 saturated heterocycles. The smallest absolute Gasteiger partial charge is 0.221 e. The van der Waals surface area contributed by atoms with Crippen LogP contribution in [0.25, 0.3) is 0 Å². The van der Waals surface area contributed by atoms with Crippen molar-refractivity contribution < 1.29 is 9.59 Å². The molecular weight excluding hydrogens is 188 g/mol. The van der Waals surface area contributed by atoms with Gasteiger partial charge in [0.2, 0.25) is 11.8 Å². The summed E-state index contributed by atoms with van der Waals surface area (Å²) in [6.45, 7) is 3.39. The number of nitrogens with one attached hydrogen (secondary N) is 1. The van der Waals surface area contributed by atoms with E-state index in [4.69, 9.17) is 5.73 Å². The van der Waals surface area contributed by atoms with E-state index >= 15 is 0 Å². The predicted molar refractivity (Wildman–Crippen MR) is 54.1 cm³/mol. The number of nitrogens with two attached hydrogens (primary N) is 1. The first-order chi connectivity index (χ1) is 6.07. The van der Waals surface area contributed by atoms with Gasteiger partial charge in [-0.15, -0.1) is 11.8 Å². The maximum absolute atomic E-state index is 10.8. The highest BCUT2D eigenvalue weighted by Crippen LogP contribution is 2.10. The number of rotatable bonds is 6. The zero-order valence-corrected chi connectivity index (χ0v) is 8.82. The van der Waals surface area contributed by atoms with Gasteiger partial charge in [-0.2, -0.15) is 0 Å². The molecule has 0 fully saturated rings. The van der Waals surface area contributed by atoms with Gasteiger partial charge in [-0.25, -0.2) is 0 Å². The molecule has 1 unspecified atom stereocenters. The molecule has 13 heavy (non-hydrogen) atoms. The van der Waals surface area contributed by atoms with Gasteiger partial charge in [0.25, 0.3) is 0 Å². The van der Waals surface area contributed by atoms with Crippen molar-refractivity contribution in [2.24, 2.45) is 11.7 Å². The second kappa shape index (κ2) is 6.77. The van der Waals surface area contributed by atoms with Crippen LogP contribution in [-0.2, 0) is 9.59 Å². The summed E-state index contributed by atoms with van der Waals surface area (Å²) in [5.41, 5.74) is 5.15. The van der Waals surface area contributed by atoms with Crippen molar-refractivity contribution in [3.05, 3.63) is 0 Å². The van der Waals surface area contributed by atoms with Crippen molar-refractivity contribution in [3.8, 4) is 0 Å². The van der Waals surface area contributed by atoms with E-state index in [2.05, 4.69) is 5.32 Å². The Labute approximate surface area is 82.6 Å². The summed E-state index contributed by atoms with van der Waals surface area (Å²) in [6.07, 6.45) is 0.752. The van der Waals surface area contributed by atoms with Gasteiger partial charge >= 0.3 is 0 Å². The zero-order chi connectivity index (χ0) is 10.3. The Morgan fingerprint density at radius 2 is 2.15 bits per heavy atom. The lowest BCUT2D eigenvalue weighted by Crippen LogP contribution is -2.26. The van der Waals surface area contributed by atoms with E-state index in [1.54, 1.807) is 0 Å². The van der Waals surface area contributed by atoms with E-state index in [-0.39, 0.29) is 17.7 Å². The molecule has 2 amide bonds. The van der Waals surface area contributed by atoms with E-state index < -0.39 is 0 Å². The largest absolute Gasteiger partial charge is 0.369 e. The summed E-state index contributed by atoms with van der Waals surface area (Å²) >= 11 is 1.51. The average Bonchev–Trinajstić information content (AvgIpc) is 2.03. The Morgan fingerprint density at radius 1 is 1.54 bits per heavy atom. The third-order valence-corrected chi connectivity index (χ3v) is 2.62. The molecule has 0 bridgehead atoms. The first-order valence-electron chi connectivity index (χ1n) is 4.19. The van der Waals surface area contributed by atoms with E-state index in [1.165, 1.54) is 18.7 Å². The topological polar surface area (TPSA) is 72.2 Å². The molecule has 0 aliphatic carbocycles. The van der Waals surface area contributed by atoms with Gasteiger partial charge in [0.15, 0.2) is 0 Å². The summed E-state index contributed by atoms with van der Waals surface area (Å²) in [4.78, 5) is 21.3. The number of thioether (sulfide) groups is 1. The number of amides is 2. The van der Waals surface area contributed by atoms with Crippen LogP contribution in [0.4, 0.5) is 0 Å². The number of hydrogen-bond donors (Lipinski definition) is 2. The second-order valence-corrected chi connectivity index (χ2v) is 3.79. The van der Waals surface area contributed by atoms with Gasteiger partial charge in [0.1, 0.15) is 0 Å². The molecule has 0 aliphatic rings. The SMILES string of the molecule is CCC(CSCNC(C)=O)C(N)=O. The molecule has 76 valence electrons. The molecule has 0 saturated carbocycles. The van der Waals surface area contributed by atoms with Crippen molar-refractivity contribution in [1.82, 2.24) is 5.32 Å². The van der Waals surface area contributed by atoms with Gasteiger partial charge in [-0.3, -0.25) is 9.59 Å². The lowest BCUT2D eigenvalue weighted by molar-refractivity contribution is -0.121. The van der Waals surface area contributed by atoms with Crippen molar-refractivity contribution >= 4 is 23.6 Å². The Bertz CT molecular complexity index is 185. The number of carbonyl (C=O) groups excluding carboxylic acids is 2. The Hall–Kier alpha value is -0.710. The first-order valence-corrected chi connectivity index (χ1v) is 5.34. The molecule has 0 aromatic carbocycles. The molecule has 3 N–H and O–H groups in total. The highest BCUT2D eigenvalue weighted by molar-refractivity contribution is 7.99. The molecule has 4 nitrogen and oxygen atoms in total. The standard InChI is InChI=1S/C8H16N2O2S/c1-3-7(8(9)12)4-13-5-10-6(2)11/h7H,3-5H2,1-2H3,(H2,9,12)(H,10,11). The number of carbonyl (C=O) groups is 2. The van der Waals surface area contributed by atoms with Gasteiger partial charge in [0.05, 0.1) is 5.88 Å². The molecule has 0 heterocycles. The number of hydrogen-bond acceptors (Lipinski definition) is 3. The summed E-state index contributed by atoms with van der Waals surface area (Å²) in [5.74, 6) is 0.807. The summed E-state index contributed by atoms with van der Waals surface area (Å²) in [6, 6.07) is 0. The fourth-order valence-corrected chi connectivity index (χ4v) is 1.86. The van der Waals surface area contributed by atoms with Crippen molar-refractivity contribution in [2.75, 3.05) is 11.6 Å². The molecular formula is C8H16N2O2S. The Morgan fingerprint density at radius 3 is 2.54 bits per heavy atom. The van der Waals surface area contributed by atoms with Crippen LogP contribution in [-0.4, -0.2) is 23.4 Å². The summed E-state index contributed by atoms with van der Waals surface area (Å²) in [7, 11) is 0. The molecule has 0 radical (unpaired) electrons. The average molecular weight is 204 g/mol. The molecule has 0 aromatic heterocycles. The third-order valence-electron chi connectivity index (χ3n) is 1.64. The van der Waals surface area contributed by atoms with Gasteiger partial charge in [-0.05, 0) is 6.42 Å². The summed E-state index contributed by atoms with van der Waals surface area (Å²) < 4.78 is 0. The first kappa shape index (κ1) is 12.3. The minimum Gasteiger partial charge on any atom is -0.369 e. The van der Waals surface area contributed by atoms with Crippen LogP contribution in [0.2, 0.25) is 0 Å². The summed E-state index contributed by atoms with van der Waals surface area (Å²) in [5, 5.41) is 2.64. The van der Waals surface area contributed by atoms with E-state index in [1.807, 2.05) is 6.92 Å². The molecule has 0 aliphatic heterocycles. The minimum atomic E-state index is -0.266. The highest BCUT2D eigenvalue weighted by Gasteiger charge is 2.11. The van der Waals surface area contributed by atoms with Crippen LogP contribution in [0.1, 0.15) is 20.3 Å². The Kier molecular flexibility index (Phi) is 6.40. The fraction of sp³-hybridized carbons (Fsp3) is 0.750. The van der Waals surface area contributed by atoms with Crippen LogP contribution < -0.4 is 11.1 Å². The van der Waals surface area contributed by atoms with Crippen molar-refractivity contribution in [2.45, 2.75) is 20.3 Å². The molecule has 0 spiro atoms. The lowest BCUT2D eigenvalue weighted by Gasteiger charge is -2.09. The number of primary amides is 1. The second-order valence-electron chi connectivity index (χ2n) is 2.76. The highest BCUT2D eigenvalue weighted by atomic mass is 32.2. The molecule has 1 atom stereocenters. The molecule has 5 heteroatoms. The van der Waals surface area contributed by atoms with Crippen LogP contribution in [0.3, 0.4) is 0 Å². The van der Waals surface area contributed by atoms with Crippen LogP contribution in [0.5, 0.6) is 0 Å². The van der Waals surface area contributed by atoms with E-state index in [9.17, 15) is 9.59 Å². The van der Waals surface area contributed by atoms with Gasteiger partial charge in [0, 0.05) is 18.6 Å². The van der Waals surface area contributed by atoms with Crippen LogP contribution >= 0.6 is 11.8 Å². The van der Waals surface area contributed by atoms with E-state index in [0.29, 0.717) is 11.6 Å². The van der Waals surface area contributed by atoms with Crippen molar-refractivity contribution in [1.29, 1.82) is 0 Å². The quantitative estimate of drug-likeness (QED) is 0.483. The van der Waals surface area contributed by atoms with Crippen LogP contribution in [0, 0.1) is 5.92 Å². The van der Waals surface area contributed by atoms with Gasteiger partial charge < -0.3 is 11.1 Å². The van der Waals surface area contributed by atoms with Gasteiger partial charge in [-0.1, -0.05) is 6.92 Å². The minimum absolute atomic E-state index is 0.0559. The maximum atomic E-state index is 10.8. The normalized spacial score (nSPS) is 12.2. The van der Waals surface area contributed by atoms with Crippen molar-refractivity contribution in [3.63, 3.8) is 0 Å². The van der Waals surface area contributed by atoms with Crippen LogP contribution in [0.15, 0.2) is 0 Å². The predicted octanol–water partition coefficient (Wildman–Crippen LogP) is 0.325. The third kappa shape index (κ3) is 6.45. The zero-order valence-electron chi connectivity index (χ0n) is 8.00. The maximum Gasteiger partial charge on any atom is 0.221 e. The monoisotopic (exact) mass is 204 g/mol. The fourth-order valence-electron chi connectivity index (χ4n) is 0.755. The lowest BCUT2D eigenvalue weighted by atomic mass is 10.1. The Balaban J connectivity index is 3.50. The molecule has 0 aromatic rings. The van der Waals surface area contributed by atoms with E-state index in [0.717, 1.165) is 6.42 Å². The molecule has 0 rings (SSSR count).